The zero-order valence-corrected chi connectivity index (χ0v) is 9.11. The van der Waals surface area contributed by atoms with Crippen molar-refractivity contribution in [3.05, 3.63) is 66.8 Å². The molecule has 0 bridgehead atoms. The molecule has 1 aromatic carbocycles. The van der Waals surface area contributed by atoms with Crippen molar-refractivity contribution in [2.45, 2.75) is 13.3 Å². The predicted octanol–water partition coefficient (Wildman–Crippen LogP) is 4.22. The van der Waals surface area contributed by atoms with Gasteiger partial charge in [-0.1, -0.05) is 61.6 Å². The monoisotopic (exact) mass is 196 g/mol. The molecular weight excluding hydrogens is 180 g/mol. The molecule has 1 atom stereocenters. The van der Waals surface area contributed by atoms with E-state index in [2.05, 4.69) is 56.0 Å². The maximum Gasteiger partial charge on any atom is 0.00681 e. The minimum absolute atomic E-state index is 0.137. The van der Waals surface area contributed by atoms with Gasteiger partial charge >= 0.3 is 0 Å². The fourth-order valence-electron chi connectivity index (χ4n) is 1.74. The Kier molecular flexibility index (Phi) is 2.59. The second-order valence-corrected chi connectivity index (χ2v) is 4.27. The lowest BCUT2D eigenvalue weighted by molar-refractivity contribution is 0.560. The summed E-state index contributed by atoms with van der Waals surface area (Å²) in [6, 6.07) is 10.5. The molecule has 0 amide bonds. The summed E-state index contributed by atoms with van der Waals surface area (Å²) in [5.41, 5.74) is 2.74. The molecule has 76 valence electrons. The van der Waals surface area contributed by atoms with Crippen molar-refractivity contribution in [2.24, 2.45) is 5.41 Å². The van der Waals surface area contributed by atoms with Crippen LogP contribution in [0.3, 0.4) is 0 Å². The van der Waals surface area contributed by atoms with E-state index in [9.17, 15) is 0 Å². The number of hydrogen-bond acceptors (Lipinski definition) is 0. The summed E-state index contributed by atoms with van der Waals surface area (Å²) in [7, 11) is 0. The summed E-state index contributed by atoms with van der Waals surface area (Å²) in [5.74, 6) is 0. The van der Waals surface area contributed by atoms with Crippen LogP contribution in [-0.2, 0) is 0 Å². The van der Waals surface area contributed by atoms with Crippen LogP contribution in [0, 0.1) is 5.41 Å². The van der Waals surface area contributed by atoms with Gasteiger partial charge in [0, 0.05) is 5.41 Å². The minimum atomic E-state index is 0.137. The number of allylic oxidation sites excluding steroid dienone is 5. The van der Waals surface area contributed by atoms with Crippen molar-refractivity contribution in [3.8, 4) is 0 Å². The van der Waals surface area contributed by atoms with Crippen molar-refractivity contribution in [2.75, 3.05) is 0 Å². The molecular formula is C15H16. The van der Waals surface area contributed by atoms with Crippen LogP contribution < -0.4 is 0 Å². The Balaban J connectivity index is 2.24. The molecule has 1 unspecified atom stereocenters. The average Bonchev–Trinajstić information content (AvgIpc) is 2.31. The van der Waals surface area contributed by atoms with E-state index in [1.165, 1.54) is 11.1 Å². The molecule has 0 saturated heterocycles. The van der Waals surface area contributed by atoms with Crippen LogP contribution in [0.1, 0.15) is 18.9 Å². The Morgan fingerprint density at radius 2 is 2.00 bits per heavy atom. The SMILES string of the molecule is C=CC1(C)C=CC(c2ccccc2)=CC1. The largest absolute Gasteiger partial charge is 0.102 e. The van der Waals surface area contributed by atoms with Crippen LogP contribution in [-0.4, -0.2) is 0 Å². The number of rotatable bonds is 2. The molecule has 0 N–H and O–H groups in total. The predicted molar refractivity (Wildman–Crippen MR) is 66.5 cm³/mol. The maximum atomic E-state index is 3.87. The van der Waals surface area contributed by atoms with E-state index in [0.717, 1.165) is 6.42 Å². The van der Waals surface area contributed by atoms with Gasteiger partial charge in [-0.15, -0.1) is 6.58 Å². The highest BCUT2D eigenvalue weighted by atomic mass is 14.2. The second-order valence-electron chi connectivity index (χ2n) is 4.27. The van der Waals surface area contributed by atoms with E-state index in [-0.39, 0.29) is 5.41 Å². The van der Waals surface area contributed by atoms with E-state index in [0.29, 0.717) is 0 Å². The molecule has 0 heterocycles. The Morgan fingerprint density at radius 3 is 2.53 bits per heavy atom. The molecule has 0 aliphatic heterocycles. The molecule has 0 fully saturated rings. The van der Waals surface area contributed by atoms with E-state index < -0.39 is 0 Å². The lowest BCUT2D eigenvalue weighted by Gasteiger charge is -2.23. The van der Waals surface area contributed by atoms with Gasteiger partial charge in [-0.25, -0.2) is 0 Å². The minimum Gasteiger partial charge on any atom is -0.102 e. The van der Waals surface area contributed by atoms with Crippen molar-refractivity contribution >= 4 is 5.57 Å². The molecule has 0 nitrogen and oxygen atoms in total. The molecule has 0 aromatic heterocycles. The van der Waals surface area contributed by atoms with Crippen molar-refractivity contribution in [1.29, 1.82) is 0 Å². The lowest BCUT2D eigenvalue weighted by atomic mass is 9.81. The van der Waals surface area contributed by atoms with Crippen molar-refractivity contribution in [1.82, 2.24) is 0 Å². The van der Waals surface area contributed by atoms with Crippen LogP contribution >= 0.6 is 0 Å². The fourth-order valence-corrected chi connectivity index (χ4v) is 1.74. The molecule has 1 aromatic rings. The molecule has 0 radical (unpaired) electrons. The molecule has 0 spiro atoms. The van der Waals surface area contributed by atoms with Gasteiger partial charge in [0.1, 0.15) is 0 Å². The van der Waals surface area contributed by atoms with Gasteiger partial charge in [-0.05, 0) is 17.6 Å². The standard InChI is InChI=1S/C15H16/c1-3-15(2)11-9-14(10-12-15)13-7-5-4-6-8-13/h3-11H,1,12H2,2H3. The van der Waals surface area contributed by atoms with E-state index in [1.54, 1.807) is 0 Å². The molecule has 2 rings (SSSR count). The smallest absolute Gasteiger partial charge is 0.00681 e. The summed E-state index contributed by atoms with van der Waals surface area (Å²) in [6.45, 7) is 6.08. The second kappa shape index (κ2) is 3.90. The van der Waals surface area contributed by atoms with Gasteiger partial charge in [0.25, 0.3) is 0 Å². The average molecular weight is 196 g/mol. The van der Waals surface area contributed by atoms with E-state index in [1.807, 2.05) is 12.1 Å². The third-order valence-corrected chi connectivity index (χ3v) is 2.98. The fraction of sp³-hybridized carbons (Fsp3) is 0.200. The zero-order chi connectivity index (χ0) is 10.7. The van der Waals surface area contributed by atoms with E-state index >= 15 is 0 Å². The Bertz CT molecular complexity index is 409. The van der Waals surface area contributed by atoms with Gasteiger partial charge < -0.3 is 0 Å². The van der Waals surface area contributed by atoms with Gasteiger partial charge in [-0.2, -0.15) is 0 Å². The van der Waals surface area contributed by atoms with E-state index in [4.69, 9.17) is 0 Å². The summed E-state index contributed by atoms with van der Waals surface area (Å²) < 4.78 is 0. The molecule has 1 aliphatic carbocycles. The van der Waals surface area contributed by atoms with Crippen LogP contribution in [0.4, 0.5) is 0 Å². The summed E-state index contributed by atoms with van der Waals surface area (Å²) in [4.78, 5) is 0. The van der Waals surface area contributed by atoms with Gasteiger partial charge in [0.05, 0.1) is 0 Å². The topological polar surface area (TPSA) is 0 Å². The lowest BCUT2D eigenvalue weighted by Crippen LogP contribution is -2.10. The first-order valence-electron chi connectivity index (χ1n) is 5.32. The Morgan fingerprint density at radius 1 is 1.27 bits per heavy atom. The third kappa shape index (κ3) is 2.10. The van der Waals surface area contributed by atoms with Gasteiger partial charge in [-0.3, -0.25) is 0 Å². The first-order valence-corrected chi connectivity index (χ1v) is 5.32. The first-order chi connectivity index (χ1) is 7.23. The van der Waals surface area contributed by atoms with Crippen molar-refractivity contribution in [3.63, 3.8) is 0 Å². The van der Waals surface area contributed by atoms with Crippen LogP contribution in [0.2, 0.25) is 0 Å². The molecule has 15 heavy (non-hydrogen) atoms. The maximum absolute atomic E-state index is 3.87. The molecule has 0 saturated carbocycles. The summed E-state index contributed by atoms with van der Waals surface area (Å²) in [6.07, 6.45) is 9.78. The molecule has 1 aliphatic rings. The Hall–Kier alpha value is -1.56. The molecule has 0 heteroatoms. The quantitative estimate of drug-likeness (QED) is 0.621. The number of benzene rings is 1. The van der Waals surface area contributed by atoms with Crippen LogP contribution in [0.15, 0.2) is 61.2 Å². The Labute approximate surface area is 91.6 Å². The zero-order valence-electron chi connectivity index (χ0n) is 9.11. The normalized spacial score (nSPS) is 24.7. The summed E-state index contributed by atoms with van der Waals surface area (Å²) in [5, 5.41) is 0. The highest BCUT2D eigenvalue weighted by molar-refractivity contribution is 5.75. The van der Waals surface area contributed by atoms with Gasteiger partial charge in [0.15, 0.2) is 0 Å². The highest BCUT2D eigenvalue weighted by Crippen LogP contribution is 2.33. The summed E-state index contributed by atoms with van der Waals surface area (Å²) >= 11 is 0. The van der Waals surface area contributed by atoms with Crippen LogP contribution in [0.5, 0.6) is 0 Å². The van der Waals surface area contributed by atoms with Crippen molar-refractivity contribution < 1.29 is 0 Å². The first kappa shape index (κ1) is 9.97. The van der Waals surface area contributed by atoms with Gasteiger partial charge in [0.2, 0.25) is 0 Å². The highest BCUT2D eigenvalue weighted by Gasteiger charge is 2.18. The van der Waals surface area contributed by atoms with Crippen LogP contribution in [0.25, 0.3) is 5.57 Å². The number of hydrogen-bond donors (Lipinski definition) is 0. The third-order valence-electron chi connectivity index (χ3n) is 2.98.